The number of hydrogen-bond acceptors (Lipinski definition) is 3. The Morgan fingerprint density at radius 2 is 1.65 bits per heavy atom. The van der Waals surface area contributed by atoms with Gasteiger partial charge in [0, 0.05) is 4.47 Å². The molecule has 20 heavy (non-hydrogen) atoms. The van der Waals surface area contributed by atoms with Crippen molar-refractivity contribution < 1.29 is 33.0 Å². The average Bonchev–Trinajstić information content (AvgIpc) is 2.25. The number of anilines is 1. The molecule has 0 unspecified atom stereocenters. The summed E-state index contributed by atoms with van der Waals surface area (Å²) in [5, 5.41) is 17.4. The van der Waals surface area contributed by atoms with Crippen LogP contribution in [-0.2, 0) is 15.8 Å². The van der Waals surface area contributed by atoms with Crippen LogP contribution in [0.2, 0.25) is 0 Å². The molecule has 0 bridgehead atoms. The zero-order valence-electron chi connectivity index (χ0n) is 9.82. The van der Waals surface area contributed by atoms with Gasteiger partial charge >= 0.3 is 18.1 Å². The van der Waals surface area contributed by atoms with E-state index in [1.807, 2.05) is 0 Å². The van der Waals surface area contributed by atoms with E-state index < -0.39 is 42.5 Å². The number of hydrogen-bond donors (Lipinski definition) is 2. The Morgan fingerprint density at radius 3 is 2.05 bits per heavy atom. The van der Waals surface area contributed by atoms with E-state index in [1.54, 1.807) is 0 Å². The Hall–Kier alpha value is -1.77. The first-order valence-electron chi connectivity index (χ1n) is 5.16. The second-order valence-corrected chi connectivity index (χ2v) is 4.72. The fraction of sp³-hybridized carbons (Fsp3) is 0.273. The second-order valence-electron chi connectivity index (χ2n) is 3.80. The predicted octanol–water partition coefficient (Wildman–Crippen LogP) is 2.44. The summed E-state index contributed by atoms with van der Waals surface area (Å²) < 4.78 is 38.9. The molecule has 0 aliphatic carbocycles. The number of nitrogens with zero attached hydrogens (tertiary/aromatic N) is 1. The predicted molar refractivity (Wildman–Crippen MR) is 66.6 cm³/mol. The molecule has 5 nitrogen and oxygen atoms in total. The summed E-state index contributed by atoms with van der Waals surface area (Å²) in [6.07, 6.45) is -4.73. The normalized spacial score (nSPS) is 11.2. The Bertz CT molecular complexity index is 517. The molecule has 0 atom stereocenters. The van der Waals surface area contributed by atoms with Crippen LogP contribution in [0, 0.1) is 0 Å². The molecule has 110 valence electrons. The van der Waals surface area contributed by atoms with Gasteiger partial charge in [0.1, 0.15) is 13.1 Å². The molecular formula is C11H9BrF3NO4. The molecule has 0 saturated carbocycles. The molecule has 0 aliphatic rings. The lowest BCUT2D eigenvalue weighted by molar-refractivity contribution is -0.139. The maximum absolute atomic E-state index is 12.9. The number of alkyl halides is 3. The number of carboxylic acid groups (broad SMARTS) is 2. The van der Waals surface area contributed by atoms with Crippen molar-refractivity contribution in [1.29, 1.82) is 0 Å². The van der Waals surface area contributed by atoms with Crippen LogP contribution in [0.4, 0.5) is 18.9 Å². The van der Waals surface area contributed by atoms with Gasteiger partial charge in [0.15, 0.2) is 0 Å². The molecule has 0 heterocycles. The van der Waals surface area contributed by atoms with Crippen LogP contribution in [0.5, 0.6) is 0 Å². The van der Waals surface area contributed by atoms with Crippen molar-refractivity contribution in [1.82, 2.24) is 0 Å². The number of aliphatic carboxylic acids is 2. The number of carboxylic acids is 2. The fourth-order valence-electron chi connectivity index (χ4n) is 1.56. The third kappa shape index (κ3) is 4.41. The van der Waals surface area contributed by atoms with Gasteiger partial charge in [-0.25, -0.2) is 0 Å². The molecule has 0 amide bonds. The molecule has 0 fully saturated rings. The van der Waals surface area contributed by atoms with Crippen molar-refractivity contribution in [2.45, 2.75) is 6.18 Å². The van der Waals surface area contributed by atoms with Crippen molar-refractivity contribution >= 4 is 33.6 Å². The van der Waals surface area contributed by atoms with E-state index >= 15 is 0 Å². The summed E-state index contributed by atoms with van der Waals surface area (Å²) in [6.45, 7) is -1.70. The molecule has 1 aromatic rings. The molecule has 2 N–H and O–H groups in total. The topological polar surface area (TPSA) is 77.8 Å². The van der Waals surface area contributed by atoms with E-state index in [1.165, 1.54) is 6.07 Å². The third-order valence-corrected chi connectivity index (χ3v) is 2.75. The number of carbonyl (C=O) groups is 2. The molecule has 0 saturated heterocycles. The molecule has 0 spiro atoms. The minimum Gasteiger partial charge on any atom is -0.480 e. The largest absolute Gasteiger partial charge is 0.480 e. The van der Waals surface area contributed by atoms with Gasteiger partial charge < -0.3 is 15.1 Å². The lowest BCUT2D eigenvalue weighted by Gasteiger charge is -2.24. The van der Waals surface area contributed by atoms with Gasteiger partial charge in [-0.1, -0.05) is 15.9 Å². The summed E-state index contributed by atoms with van der Waals surface area (Å²) in [5.74, 6) is -2.86. The van der Waals surface area contributed by atoms with Crippen LogP contribution in [0.1, 0.15) is 5.56 Å². The Labute approximate surface area is 119 Å². The molecule has 0 radical (unpaired) electrons. The lowest BCUT2D eigenvalue weighted by atomic mass is 10.1. The minimum atomic E-state index is -4.73. The van der Waals surface area contributed by atoms with Gasteiger partial charge in [0.25, 0.3) is 0 Å². The van der Waals surface area contributed by atoms with E-state index in [0.29, 0.717) is 4.90 Å². The van der Waals surface area contributed by atoms with Crippen LogP contribution in [-0.4, -0.2) is 35.2 Å². The van der Waals surface area contributed by atoms with Crippen molar-refractivity contribution in [2.24, 2.45) is 0 Å². The van der Waals surface area contributed by atoms with Crippen LogP contribution in [0.3, 0.4) is 0 Å². The van der Waals surface area contributed by atoms with Crippen LogP contribution in [0.15, 0.2) is 22.7 Å². The molecule has 0 aromatic heterocycles. The van der Waals surface area contributed by atoms with Crippen LogP contribution >= 0.6 is 15.9 Å². The van der Waals surface area contributed by atoms with Crippen molar-refractivity contribution in [3.05, 3.63) is 28.2 Å². The summed E-state index contributed by atoms with van der Waals surface area (Å²) in [7, 11) is 0. The molecule has 0 aliphatic heterocycles. The monoisotopic (exact) mass is 355 g/mol. The van der Waals surface area contributed by atoms with Crippen molar-refractivity contribution in [2.75, 3.05) is 18.0 Å². The maximum atomic E-state index is 12.9. The van der Waals surface area contributed by atoms with Crippen LogP contribution in [0.25, 0.3) is 0 Å². The first-order valence-corrected chi connectivity index (χ1v) is 5.96. The first kappa shape index (κ1) is 16.3. The zero-order valence-corrected chi connectivity index (χ0v) is 11.4. The average molecular weight is 356 g/mol. The van der Waals surface area contributed by atoms with Gasteiger partial charge in [-0.3, -0.25) is 9.59 Å². The standard InChI is InChI=1S/C11H9BrF3NO4/c12-6-1-2-8(7(3-6)11(13,14)15)16(4-9(17)18)5-10(19)20/h1-3H,4-5H2,(H,17,18)(H,19,20). The van der Waals surface area contributed by atoms with Crippen molar-refractivity contribution in [3.63, 3.8) is 0 Å². The Balaban J connectivity index is 3.31. The molecule has 1 aromatic carbocycles. The van der Waals surface area contributed by atoms with E-state index in [9.17, 15) is 22.8 Å². The first-order chi connectivity index (χ1) is 9.11. The summed E-state index contributed by atoms with van der Waals surface area (Å²) in [5.41, 5.74) is -1.60. The highest BCUT2D eigenvalue weighted by molar-refractivity contribution is 9.10. The van der Waals surface area contributed by atoms with Crippen molar-refractivity contribution in [3.8, 4) is 0 Å². The quantitative estimate of drug-likeness (QED) is 0.848. The molecular weight excluding hydrogens is 347 g/mol. The molecule has 9 heteroatoms. The number of benzene rings is 1. The Kier molecular flexibility index (Phi) is 4.98. The van der Waals surface area contributed by atoms with Gasteiger partial charge in [0.05, 0.1) is 11.3 Å². The van der Waals surface area contributed by atoms with E-state index in [2.05, 4.69) is 15.9 Å². The Morgan fingerprint density at radius 1 is 1.15 bits per heavy atom. The third-order valence-electron chi connectivity index (χ3n) is 2.26. The number of halogens is 4. The fourth-order valence-corrected chi connectivity index (χ4v) is 1.92. The van der Waals surface area contributed by atoms with Gasteiger partial charge in [-0.05, 0) is 18.2 Å². The highest BCUT2D eigenvalue weighted by atomic mass is 79.9. The highest BCUT2D eigenvalue weighted by Gasteiger charge is 2.35. The van der Waals surface area contributed by atoms with Gasteiger partial charge in [0.2, 0.25) is 0 Å². The zero-order chi connectivity index (χ0) is 15.5. The van der Waals surface area contributed by atoms with E-state index in [0.717, 1.165) is 12.1 Å². The minimum absolute atomic E-state index is 0.152. The van der Waals surface area contributed by atoms with E-state index in [4.69, 9.17) is 10.2 Å². The SMILES string of the molecule is O=C(O)CN(CC(=O)O)c1ccc(Br)cc1C(F)(F)F. The van der Waals surface area contributed by atoms with Gasteiger partial charge in [-0.2, -0.15) is 13.2 Å². The summed E-state index contributed by atoms with van der Waals surface area (Å²) >= 11 is 2.89. The smallest absolute Gasteiger partial charge is 0.418 e. The highest BCUT2D eigenvalue weighted by Crippen LogP contribution is 2.38. The summed E-state index contributed by atoms with van der Waals surface area (Å²) in [6, 6.07) is 3.08. The van der Waals surface area contributed by atoms with E-state index in [-0.39, 0.29) is 4.47 Å². The van der Waals surface area contributed by atoms with Crippen LogP contribution < -0.4 is 4.90 Å². The lowest BCUT2D eigenvalue weighted by Crippen LogP contribution is -2.35. The maximum Gasteiger partial charge on any atom is 0.418 e. The van der Waals surface area contributed by atoms with Gasteiger partial charge in [-0.15, -0.1) is 0 Å². The second kappa shape index (κ2) is 6.12. The number of rotatable bonds is 5. The summed E-state index contributed by atoms with van der Waals surface area (Å²) in [4.78, 5) is 22.0. The molecule has 1 rings (SSSR count).